The number of amides is 1. The van der Waals surface area contributed by atoms with E-state index in [9.17, 15) is 9.90 Å². The predicted octanol–water partition coefficient (Wildman–Crippen LogP) is 3.44. The molecule has 3 aromatic rings. The highest BCUT2D eigenvalue weighted by Crippen LogP contribution is 2.29. The quantitative estimate of drug-likeness (QED) is 0.697. The molecule has 0 radical (unpaired) electrons. The number of carbonyl (C=O) groups excluding carboxylic acids is 1. The van der Waals surface area contributed by atoms with Crippen LogP contribution in [0.4, 0.5) is 5.69 Å². The number of aromatic hydroxyl groups is 1. The fourth-order valence-corrected chi connectivity index (χ4v) is 4.98. The number of anilines is 1. The number of hydrogen-bond acceptors (Lipinski definition) is 6. The standard InChI is InChI=1S/C19H19N3O2S2/c23-15-7-5-14(6-8-15)21-9-11-22(12-10-21)18(24)13-25-19-20-16-3-1-2-4-17(16)26-19/h1-8,23H,9-13H2. The third-order valence-electron chi connectivity index (χ3n) is 4.44. The third-order valence-corrected chi connectivity index (χ3v) is 6.60. The van der Waals surface area contributed by atoms with E-state index in [0.29, 0.717) is 5.75 Å². The lowest BCUT2D eigenvalue weighted by atomic mass is 10.2. The predicted molar refractivity (Wildman–Crippen MR) is 107 cm³/mol. The van der Waals surface area contributed by atoms with Crippen LogP contribution in [0.15, 0.2) is 52.9 Å². The van der Waals surface area contributed by atoms with Gasteiger partial charge in [-0.1, -0.05) is 23.9 Å². The summed E-state index contributed by atoms with van der Waals surface area (Å²) in [7, 11) is 0. The molecule has 2 heterocycles. The van der Waals surface area contributed by atoms with E-state index >= 15 is 0 Å². The second kappa shape index (κ2) is 7.55. The number of aromatic nitrogens is 1. The first-order valence-electron chi connectivity index (χ1n) is 8.49. The van der Waals surface area contributed by atoms with E-state index < -0.39 is 0 Å². The zero-order chi connectivity index (χ0) is 17.9. The van der Waals surface area contributed by atoms with Crippen molar-refractivity contribution in [3.8, 4) is 5.75 Å². The Hall–Kier alpha value is -2.25. The number of phenolic OH excluding ortho intramolecular Hbond substituents is 1. The summed E-state index contributed by atoms with van der Waals surface area (Å²) in [6.07, 6.45) is 0. The van der Waals surface area contributed by atoms with Crippen LogP contribution < -0.4 is 4.90 Å². The number of para-hydroxylation sites is 1. The van der Waals surface area contributed by atoms with Gasteiger partial charge in [0.2, 0.25) is 5.91 Å². The molecule has 0 atom stereocenters. The minimum Gasteiger partial charge on any atom is -0.508 e. The molecule has 7 heteroatoms. The van der Waals surface area contributed by atoms with Gasteiger partial charge in [-0.15, -0.1) is 11.3 Å². The summed E-state index contributed by atoms with van der Waals surface area (Å²) in [6, 6.07) is 15.3. The average molecular weight is 386 g/mol. The maximum atomic E-state index is 12.5. The van der Waals surface area contributed by atoms with Gasteiger partial charge in [0.25, 0.3) is 0 Å². The fraction of sp³-hybridized carbons (Fsp3) is 0.263. The lowest BCUT2D eigenvalue weighted by Crippen LogP contribution is -2.49. The topological polar surface area (TPSA) is 56.7 Å². The number of thiazole rings is 1. The second-order valence-electron chi connectivity index (χ2n) is 6.12. The largest absolute Gasteiger partial charge is 0.508 e. The van der Waals surface area contributed by atoms with Crippen molar-refractivity contribution in [2.45, 2.75) is 4.34 Å². The fourth-order valence-electron chi connectivity index (χ4n) is 3.01. The van der Waals surface area contributed by atoms with Crippen LogP contribution in [0.25, 0.3) is 10.2 Å². The first-order chi connectivity index (χ1) is 12.7. The molecule has 134 valence electrons. The molecule has 0 aliphatic carbocycles. The minimum absolute atomic E-state index is 0.166. The number of fused-ring (bicyclic) bond motifs is 1. The molecule has 1 saturated heterocycles. The summed E-state index contributed by atoms with van der Waals surface area (Å²) in [5.41, 5.74) is 2.08. The van der Waals surface area contributed by atoms with Crippen LogP contribution in [-0.4, -0.2) is 52.8 Å². The van der Waals surface area contributed by atoms with Crippen molar-refractivity contribution in [2.75, 3.05) is 36.8 Å². The van der Waals surface area contributed by atoms with E-state index in [4.69, 9.17) is 0 Å². The van der Waals surface area contributed by atoms with Gasteiger partial charge in [-0.05, 0) is 36.4 Å². The number of rotatable bonds is 4. The number of carbonyl (C=O) groups is 1. The van der Waals surface area contributed by atoms with Crippen LogP contribution in [0.1, 0.15) is 0 Å². The molecule has 1 amide bonds. The van der Waals surface area contributed by atoms with Crippen LogP contribution in [0, 0.1) is 0 Å². The van der Waals surface area contributed by atoms with Gasteiger partial charge < -0.3 is 14.9 Å². The van der Waals surface area contributed by atoms with E-state index in [-0.39, 0.29) is 11.7 Å². The Labute approximate surface area is 160 Å². The SMILES string of the molecule is O=C(CSc1nc2ccccc2s1)N1CCN(c2ccc(O)cc2)CC1. The molecule has 1 aliphatic heterocycles. The zero-order valence-electron chi connectivity index (χ0n) is 14.2. The second-order valence-corrected chi connectivity index (χ2v) is 8.37. The van der Waals surface area contributed by atoms with Crippen LogP contribution in [-0.2, 0) is 4.79 Å². The van der Waals surface area contributed by atoms with Crippen LogP contribution >= 0.6 is 23.1 Å². The summed E-state index contributed by atoms with van der Waals surface area (Å²) in [6.45, 7) is 3.06. The molecule has 5 nitrogen and oxygen atoms in total. The summed E-state index contributed by atoms with van der Waals surface area (Å²) in [5, 5.41) is 9.39. The molecule has 1 fully saturated rings. The Bertz CT molecular complexity index is 870. The Kier molecular flexibility index (Phi) is 4.99. The molecule has 0 bridgehead atoms. The molecular weight excluding hydrogens is 366 g/mol. The van der Waals surface area contributed by atoms with E-state index in [0.717, 1.165) is 46.4 Å². The summed E-state index contributed by atoms with van der Waals surface area (Å²) in [4.78, 5) is 21.2. The van der Waals surface area contributed by atoms with Gasteiger partial charge in [-0.3, -0.25) is 4.79 Å². The van der Waals surface area contributed by atoms with Gasteiger partial charge in [0.05, 0.1) is 16.0 Å². The van der Waals surface area contributed by atoms with Gasteiger partial charge in [-0.25, -0.2) is 4.98 Å². The number of nitrogens with zero attached hydrogens (tertiary/aromatic N) is 3. The highest BCUT2D eigenvalue weighted by molar-refractivity contribution is 8.01. The molecule has 1 aliphatic rings. The van der Waals surface area contributed by atoms with Crippen LogP contribution in [0.3, 0.4) is 0 Å². The van der Waals surface area contributed by atoms with Gasteiger partial charge in [-0.2, -0.15) is 0 Å². The molecule has 0 saturated carbocycles. The Morgan fingerprint density at radius 2 is 1.81 bits per heavy atom. The van der Waals surface area contributed by atoms with Gasteiger partial charge in [0.1, 0.15) is 5.75 Å². The Morgan fingerprint density at radius 3 is 2.54 bits per heavy atom. The first kappa shape index (κ1) is 17.2. The van der Waals surface area contributed by atoms with Gasteiger partial charge >= 0.3 is 0 Å². The van der Waals surface area contributed by atoms with E-state index in [2.05, 4.69) is 16.0 Å². The van der Waals surface area contributed by atoms with Crippen LogP contribution in [0.5, 0.6) is 5.75 Å². The monoisotopic (exact) mass is 385 g/mol. The first-order valence-corrected chi connectivity index (χ1v) is 10.3. The average Bonchev–Trinajstić information content (AvgIpc) is 3.10. The molecule has 0 spiro atoms. The third kappa shape index (κ3) is 3.78. The van der Waals surface area contributed by atoms with Gasteiger partial charge in [0.15, 0.2) is 4.34 Å². The van der Waals surface area contributed by atoms with Gasteiger partial charge in [0, 0.05) is 31.9 Å². The Balaban J connectivity index is 1.30. The van der Waals surface area contributed by atoms with Crippen molar-refractivity contribution in [2.24, 2.45) is 0 Å². The molecule has 1 aromatic heterocycles. The van der Waals surface area contributed by atoms with E-state index in [1.54, 1.807) is 23.5 Å². The van der Waals surface area contributed by atoms with Crippen molar-refractivity contribution >= 4 is 44.9 Å². The van der Waals surface area contributed by atoms with Crippen molar-refractivity contribution in [3.05, 3.63) is 48.5 Å². The number of benzene rings is 2. The molecule has 26 heavy (non-hydrogen) atoms. The Morgan fingerprint density at radius 1 is 1.08 bits per heavy atom. The highest BCUT2D eigenvalue weighted by Gasteiger charge is 2.21. The highest BCUT2D eigenvalue weighted by atomic mass is 32.2. The number of thioether (sulfide) groups is 1. The van der Waals surface area contributed by atoms with Crippen molar-refractivity contribution in [1.29, 1.82) is 0 Å². The van der Waals surface area contributed by atoms with Crippen molar-refractivity contribution in [1.82, 2.24) is 9.88 Å². The molecule has 1 N–H and O–H groups in total. The maximum Gasteiger partial charge on any atom is 0.233 e. The van der Waals surface area contributed by atoms with E-state index in [1.165, 1.54) is 11.8 Å². The lowest BCUT2D eigenvalue weighted by Gasteiger charge is -2.36. The molecule has 4 rings (SSSR count). The number of piperazine rings is 1. The molecule has 0 unspecified atom stereocenters. The smallest absolute Gasteiger partial charge is 0.233 e. The minimum atomic E-state index is 0.166. The maximum absolute atomic E-state index is 12.5. The summed E-state index contributed by atoms with van der Waals surface area (Å²) < 4.78 is 2.10. The molecular formula is C19H19N3O2S2. The number of hydrogen-bond donors (Lipinski definition) is 1. The molecule has 2 aromatic carbocycles. The zero-order valence-corrected chi connectivity index (χ0v) is 15.8. The lowest BCUT2D eigenvalue weighted by molar-refractivity contribution is -0.128. The summed E-state index contributed by atoms with van der Waals surface area (Å²) >= 11 is 3.16. The normalized spacial score (nSPS) is 14.8. The van der Waals surface area contributed by atoms with Crippen molar-refractivity contribution in [3.63, 3.8) is 0 Å². The number of phenols is 1. The van der Waals surface area contributed by atoms with Crippen LogP contribution in [0.2, 0.25) is 0 Å². The summed E-state index contributed by atoms with van der Waals surface area (Å²) in [5.74, 6) is 0.869. The van der Waals surface area contributed by atoms with Crippen molar-refractivity contribution < 1.29 is 9.90 Å². The van der Waals surface area contributed by atoms with E-state index in [1.807, 2.05) is 35.2 Å².